The predicted octanol–water partition coefficient (Wildman–Crippen LogP) is 3.72. The molecule has 0 radical (unpaired) electrons. The quantitative estimate of drug-likeness (QED) is 0.620. The standard InChI is InChI=1S/C21H20N2O4S/c1-13-4-3-5-15(8-13)22-19(24)11-28-12-20(25)23-16-6-7-17-14(2)9-21(26)27-18(17)10-16/h3-10H,11-12H2,1-2H3,(H,22,24)(H,23,25). The minimum absolute atomic E-state index is 0.136. The maximum atomic E-state index is 12.1. The van der Waals surface area contributed by atoms with Crippen LogP contribution in [0.1, 0.15) is 11.1 Å². The first-order valence-electron chi connectivity index (χ1n) is 8.69. The van der Waals surface area contributed by atoms with Crippen molar-refractivity contribution in [2.24, 2.45) is 0 Å². The van der Waals surface area contributed by atoms with Crippen molar-refractivity contribution in [1.29, 1.82) is 0 Å². The van der Waals surface area contributed by atoms with Crippen LogP contribution < -0.4 is 16.3 Å². The van der Waals surface area contributed by atoms with E-state index in [1.54, 1.807) is 18.2 Å². The molecule has 0 aliphatic rings. The molecule has 6 nitrogen and oxygen atoms in total. The van der Waals surface area contributed by atoms with Gasteiger partial charge in [-0.25, -0.2) is 4.79 Å². The van der Waals surface area contributed by atoms with E-state index in [9.17, 15) is 14.4 Å². The maximum absolute atomic E-state index is 12.1. The maximum Gasteiger partial charge on any atom is 0.336 e. The lowest BCUT2D eigenvalue weighted by Crippen LogP contribution is -2.18. The van der Waals surface area contributed by atoms with Gasteiger partial charge in [-0.2, -0.15) is 0 Å². The van der Waals surface area contributed by atoms with E-state index >= 15 is 0 Å². The molecule has 0 fully saturated rings. The highest BCUT2D eigenvalue weighted by atomic mass is 32.2. The van der Waals surface area contributed by atoms with Crippen molar-refractivity contribution in [3.63, 3.8) is 0 Å². The van der Waals surface area contributed by atoms with Crippen molar-refractivity contribution in [3.8, 4) is 0 Å². The number of rotatable bonds is 6. The molecule has 1 aromatic heterocycles. The Labute approximate surface area is 166 Å². The molecule has 0 bridgehead atoms. The molecule has 0 atom stereocenters. The highest BCUT2D eigenvalue weighted by Gasteiger charge is 2.09. The molecule has 144 valence electrons. The van der Waals surface area contributed by atoms with Crippen molar-refractivity contribution < 1.29 is 14.0 Å². The van der Waals surface area contributed by atoms with Crippen molar-refractivity contribution in [2.45, 2.75) is 13.8 Å². The lowest BCUT2D eigenvalue weighted by atomic mass is 10.1. The third-order valence-corrected chi connectivity index (χ3v) is 4.94. The second-order valence-electron chi connectivity index (χ2n) is 6.42. The van der Waals surface area contributed by atoms with Crippen molar-refractivity contribution in [3.05, 3.63) is 70.1 Å². The van der Waals surface area contributed by atoms with Gasteiger partial charge in [-0.05, 0) is 49.2 Å². The number of nitrogens with one attached hydrogen (secondary N) is 2. The number of fused-ring (bicyclic) bond motifs is 1. The van der Waals surface area contributed by atoms with Gasteiger partial charge >= 0.3 is 5.63 Å². The lowest BCUT2D eigenvalue weighted by Gasteiger charge is -2.08. The predicted molar refractivity (Wildman–Crippen MR) is 113 cm³/mol. The Morgan fingerprint density at radius 2 is 1.61 bits per heavy atom. The molecule has 0 unspecified atom stereocenters. The molecular weight excluding hydrogens is 376 g/mol. The van der Waals surface area contributed by atoms with Gasteiger partial charge in [-0.15, -0.1) is 11.8 Å². The highest BCUT2D eigenvalue weighted by molar-refractivity contribution is 8.00. The van der Waals surface area contributed by atoms with Crippen molar-refractivity contribution in [2.75, 3.05) is 22.1 Å². The van der Waals surface area contributed by atoms with Crippen LogP contribution in [0, 0.1) is 13.8 Å². The molecule has 0 spiro atoms. The van der Waals surface area contributed by atoms with Crippen LogP contribution in [0.15, 0.2) is 57.7 Å². The van der Waals surface area contributed by atoms with E-state index in [4.69, 9.17) is 4.42 Å². The average Bonchev–Trinajstić information content (AvgIpc) is 2.61. The number of anilines is 2. The van der Waals surface area contributed by atoms with E-state index in [-0.39, 0.29) is 23.3 Å². The number of aryl methyl sites for hydroxylation is 2. The van der Waals surface area contributed by atoms with Crippen LogP contribution in [0.3, 0.4) is 0 Å². The van der Waals surface area contributed by atoms with Crippen LogP contribution in [0.2, 0.25) is 0 Å². The summed E-state index contributed by atoms with van der Waals surface area (Å²) in [6.45, 7) is 3.78. The molecule has 7 heteroatoms. The topological polar surface area (TPSA) is 88.4 Å². The van der Waals surface area contributed by atoms with Crippen LogP contribution in [-0.2, 0) is 9.59 Å². The molecule has 2 N–H and O–H groups in total. The van der Waals surface area contributed by atoms with Crippen LogP contribution in [0.5, 0.6) is 0 Å². The Bertz CT molecular complexity index is 1090. The fourth-order valence-electron chi connectivity index (χ4n) is 2.76. The van der Waals surface area contributed by atoms with Crippen LogP contribution in [-0.4, -0.2) is 23.3 Å². The molecule has 2 aromatic carbocycles. The molecule has 3 aromatic rings. The molecule has 28 heavy (non-hydrogen) atoms. The van der Waals surface area contributed by atoms with E-state index in [1.165, 1.54) is 17.8 Å². The average molecular weight is 396 g/mol. The van der Waals surface area contributed by atoms with E-state index < -0.39 is 5.63 Å². The smallest absolute Gasteiger partial charge is 0.336 e. The summed E-state index contributed by atoms with van der Waals surface area (Å²) in [4.78, 5) is 35.6. The van der Waals surface area contributed by atoms with Gasteiger partial charge in [0.15, 0.2) is 0 Å². The Kier molecular flexibility index (Phi) is 6.16. The second-order valence-corrected chi connectivity index (χ2v) is 7.40. The van der Waals surface area contributed by atoms with Crippen LogP contribution in [0.25, 0.3) is 11.0 Å². The molecule has 1 heterocycles. The summed E-state index contributed by atoms with van der Waals surface area (Å²) in [5.74, 6) is -0.0847. The SMILES string of the molecule is Cc1cccc(NC(=O)CSCC(=O)Nc2ccc3c(C)cc(=O)oc3c2)c1. The van der Waals surface area contributed by atoms with Crippen LogP contribution in [0.4, 0.5) is 11.4 Å². The Hall–Kier alpha value is -3.06. The van der Waals surface area contributed by atoms with E-state index in [2.05, 4.69) is 10.6 Å². The first-order chi connectivity index (χ1) is 13.4. The van der Waals surface area contributed by atoms with Gasteiger partial charge < -0.3 is 15.1 Å². The van der Waals surface area contributed by atoms with Crippen LogP contribution >= 0.6 is 11.8 Å². The van der Waals surface area contributed by atoms with Gasteiger partial charge in [0.25, 0.3) is 0 Å². The number of hydrogen-bond donors (Lipinski definition) is 2. The molecule has 0 saturated carbocycles. The molecule has 2 amide bonds. The summed E-state index contributed by atoms with van der Waals surface area (Å²) in [6, 6.07) is 14.1. The van der Waals surface area contributed by atoms with Gasteiger partial charge in [-0.3, -0.25) is 9.59 Å². The fourth-order valence-corrected chi connectivity index (χ4v) is 3.37. The minimum Gasteiger partial charge on any atom is -0.423 e. The largest absolute Gasteiger partial charge is 0.423 e. The molecule has 0 aliphatic heterocycles. The number of thioether (sulfide) groups is 1. The molecule has 3 rings (SSSR count). The van der Waals surface area contributed by atoms with E-state index in [1.807, 2.05) is 38.1 Å². The summed E-state index contributed by atoms with van der Waals surface area (Å²) >= 11 is 1.22. The first kappa shape index (κ1) is 19.7. The van der Waals surface area contributed by atoms with Crippen molar-refractivity contribution in [1.82, 2.24) is 0 Å². The van der Waals surface area contributed by atoms with Gasteiger partial charge in [0, 0.05) is 28.9 Å². The highest BCUT2D eigenvalue weighted by Crippen LogP contribution is 2.21. The Morgan fingerprint density at radius 3 is 2.29 bits per heavy atom. The number of carbonyl (C=O) groups excluding carboxylic acids is 2. The minimum atomic E-state index is -0.427. The van der Waals surface area contributed by atoms with E-state index in [0.717, 1.165) is 22.2 Å². The first-order valence-corrected chi connectivity index (χ1v) is 9.85. The number of amides is 2. The zero-order chi connectivity index (χ0) is 20.1. The third kappa shape index (κ3) is 5.23. The second kappa shape index (κ2) is 8.75. The number of carbonyl (C=O) groups is 2. The molecule has 0 saturated heterocycles. The Balaban J connectivity index is 1.51. The summed E-state index contributed by atoms with van der Waals surface area (Å²) in [5.41, 5.74) is 3.15. The lowest BCUT2D eigenvalue weighted by molar-refractivity contribution is -0.114. The summed E-state index contributed by atoms with van der Waals surface area (Å²) in [5, 5.41) is 6.37. The monoisotopic (exact) mass is 396 g/mol. The molecular formula is C21H20N2O4S. The zero-order valence-corrected chi connectivity index (χ0v) is 16.4. The Morgan fingerprint density at radius 1 is 0.929 bits per heavy atom. The molecule has 0 aliphatic carbocycles. The fraction of sp³-hybridized carbons (Fsp3) is 0.190. The normalized spacial score (nSPS) is 10.6. The van der Waals surface area contributed by atoms with Gasteiger partial charge in [0.2, 0.25) is 11.8 Å². The van der Waals surface area contributed by atoms with Gasteiger partial charge in [0.1, 0.15) is 5.58 Å². The van der Waals surface area contributed by atoms with E-state index in [0.29, 0.717) is 11.3 Å². The number of hydrogen-bond acceptors (Lipinski definition) is 5. The summed E-state index contributed by atoms with van der Waals surface area (Å²) in [7, 11) is 0. The zero-order valence-electron chi connectivity index (χ0n) is 15.6. The van der Waals surface area contributed by atoms with Gasteiger partial charge in [-0.1, -0.05) is 12.1 Å². The van der Waals surface area contributed by atoms with Gasteiger partial charge in [0.05, 0.1) is 11.5 Å². The summed E-state index contributed by atoms with van der Waals surface area (Å²) < 4.78 is 5.18. The van der Waals surface area contributed by atoms with Crippen molar-refractivity contribution >= 4 is 45.9 Å². The summed E-state index contributed by atoms with van der Waals surface area (Å²) in [6.07, 6.45) is 0. The third-order valence-electron chi connectivity index (χ3n) is 4.00. The number of benzene rings is 2.